The van der Waals surface area contributed by atoms with E-state index < -0.39 is 10.0 Å². The first-order chi connectivity index (χ1) is 13.8. The first kappa shape index (κ1) is 22.3. The SMILES string of the molecule is C=CCNS(=O)(=O)Cc1ccc(NC(=O)CCNC(=O)c2ccccc2C)cc1. The molecule has 0 spiro atoms. The van der Waals surface area contributed by atoms with Gasteiger partial charge in [-0.25, -0.2) is 13.1 Å². The predicted octanol–water partition coefficient (Wildman–Crippen LogP) is 2.36. The van der Waals surface area contributed by atoms with Crippen LogP contribution in [0.15, 0.2) is 61.2 Å². The lowest BCUT2D eigenvalue weighted by Crippen LogP contribution is -2.28. The van der Waals surface area contributed by atoms with Gasteiger partial charge in [0.05, 0.1) is 5.75 Å². The fourth-order valence-corrected chi connectivity index (χ4v) is 3.68. The molecule has 0 fully saturated rings. The van der Waals surface area contributed by atoms with Gasteiger partial charge in [0.2, 0.25) is 15.9 Å². The second-order valence-electron chi connectivity index (χ2n) is 6.46. The summed E-state index contributed by atoms with van der Waals surface area (Å²) in [7, 11) is -3.43. The van der Waals surface area contributed by atoms with E-state index in [1.807, 2.05) is 19.1 Å². The maximum Gasteiger partial charge on any atom is 0.251 e. The van der Waals surface area contributed by atoms with Crippen molar-refractivity contribution in [2.45, 2.75) is 19.1 Å². The molecule has 8 heteroatoms. The van der Waals surface area contributed by atoms with Crippen LogP contribution in [0.25, 0.3) is 0 Å². The number of aryl methyl sites for hydroxylation is 1. The van der Waals surface area contributed by atoms with Crippen molar-refractivity contribution in [3.8, 4) is 0 Å². The molecule has 3 N–H and O–H groups in total. The van der Waals surface area contributed by atoms with Crippen LogP contribution < -0.4 is 15.4 Å². The van der Waals surface area contributed by atoms with Gasteiger partial charge >= 0.3 is 0 Å². The van der Waals surface area contributed by atoms with E-state index >= 15 is 0 Å². The molecule has 0 aliphatic heterocycles. The summed E-state index contributed by atoms with van der Waals surface area (Å²) in [4.78, 5) is 24.2. The number of carbonyl (C=O) groups excluding carboxylic acids is 2. The number of rotatable bonds is 10. The van der Waals surface area contributed by atoms with Crippen molar-refractivity contribution in [3.63, 3.8) is 0 Å². The fourth-order valence-electron chi connectivity index (χ4n) is 2.58. The molecule has 2 rings (SSSR count). The van der Waals surface area contributed by atoms with Gasteiger partial charge in [0.1, 0.15) is 0 Å². The molecule has 0 saturated heterocycles. The first-order valence-electron chi connectivity index (χ1n) is 9.11. The second-order valence-corrected chi connectivity index (χ2v) is 8.27. The molecular formula is C21H25N3O4S. The molecule has 29 heavy (non-hydrogen) atoms. The van der Waals surface area contributed by atoms with E-state index in [1.165, 1.54) is 6.08 Å². The monoisotopic (exact) mass is 415 g/mol. The van der Waals surface area contributed by atoms with Gasteiger partial charge < -0.3 is 10.6 Å². The van der Waals surface area contributed by atoms with E-state index in [-0.39, 0.29) is 37.1 Å². The van der Waals surface area contributed by atoms with Crippen molar-refractivity contribution in [1.82, 2.24) is 10.0 Å². The maximum absolute atomic E-state index is 12.1. The quantitative estimate of drug-likeness (QED) is 0.518. The van der Waals surface area contributed by atoms with Crippen LogP contribution in [-0.2, 0) is 20.6 Å². The van der Waals surface area contributed by atoms with E-state index in [0.717, 1.165) is 5.56 Å². The molecule has 0 heterocycles. The van der Waals surface area contributed by atoms with Gasteiger partial charge in [-0.3, -0.25) is 9.59 Å². The Morgan fingerprint density at radius 1 is 1.07 bits per heavy atom. The van der Waals surface area contributed by atoms with E-state index in [0.29, 0.717) is 16.8 Å². The largest absolute Gasteiger partial charge is 0.352 e. The number of carbonyl (C=O) groups is 2. The number of benzene rings is 2. The molecule has 0 aromatic heterocycles. The summed E-state index contributed by atoms with van der Waals surface area (Å²) in [6, 6.07) is 13.8. The third-order valence-electron chi connectivity index (χ3n) is 4.07. The van der Waals surface area contributed by atoms with Gasteiger partial charge in [0.25, 0.3) is 5.91 Å². The molecule has 7 nitrogen and oxygen atoms in total. The molecule has 0 radical (unpaired) electrons. The highest BCUT2D eigenvalue weighted by molar-refractivity contribution is 7.88. The van der Waals surface area contributed by atoms with Gasteiger partial charge in [-0.1, -0.05) is 36.4 Å². The first-order valence-corrected chi connectivity index (χ1v) is 10.8. The molecular weight excluding hydrogens is 390 g/mol. The molecule has 0 saturated carbocycles. The van der Waals surface area contributed by atoms with Crippen molar-refractivity contribution in [1.29, 1.82) is 0 Å². The third-order valence-corrected chi connectivity index (χ3v) is 5.39. The Balaban J connectivity index is 1.80. The van der Waals surface area contributed by atoms with E-state index in [4.69, 9.17) is 0 Å². The molecule has 154 valence electrons. The molecule has 0 aliphatic rings. The van der Waals surface area contributed by atoms with Crippen LogP contribution in [-0.4, -0.2) is 33.3 Å². The summed E-state index contributed by atoms with van der Waals surface area (Å²) in [5, 5.41) is 5.45. The molecule has 2 aromatic rings. The average Bonchev–Trinajstić information content (AvgIpc) is 2.68. The molecule has 2 amide bonds. The highest BCUT2D eigenvalue weighted by Gasteiger charge is 2.11. The molecule has 2 aromatic carbocycles. The van der Waals surface area contributed by atoms with Crippen LogP contribution in [0, 0.1) is 6.92 Å². The van der Waals surface area contributed by atoms with Crippen LogP contribution in [0.5, 0.6) is 0 Å². The van der Waals surface area contributed by atoms with Crippen LogP contribution >= 0.6 is 0 Å². The molecule has 0 atom stereocenters. The van der Waals surface area contributed by atoms with Gasteiger partial charge in [-0.05, 0) is 36.2 Å². The summed E-state index contributed by atoms with van der Waals surface area (Å²) in [6.45, 7) is 5.71. The lowest BCUT2D eigenvalue weighted by atomic mass is 10.1. The summed E-state index contributed by atoms with van der Waals surface area (Å²) in [5.41, 5.74) is 2.61. The van der Waals surface area contributed by atoms with Crippen LogP contribution in [0.4, 0.5) is 5.69 Å². The van der Waals surface area contributed by atoms with Crippen LogP contribution in [0.3, 0.4) is 0 Å². The Bertz CT molecular complexity index is 970. The van der Waals surface area contributed by atoms with Crippen LogP contribution in [0.1, 0.15) is 27.9 Å². The van der Waals surface area contributed by atoms with E-state index in [1.54, 1.807) is 36.4 Å². The number of nitrogens with one attached hydrogen (secondary N) is 3. The topological polar surface area (TPSA) is 104 Å². The van der Waals surface area contributed by atoms with Gasteiger partial charge in [-0.2, -0.15) is 0 Å². The minimum atomic E-state index is -3.43. The minimum Gasteiger partial charge on any atom is -0.352 e. The van der Waals surface area contributed by atoms with Crippen LogP contribution in [0.2, 0.25) is 0 Å². The van der Waals surface area contributed by atoms with Crippen molar-refractivity contribution >= 4 is 27.5 Å². The summed E-state index contributed by atoms with van der Waals surface area (Å²) in [6.07, 6.45) is 1.60. The number of hydrogen-bond acceptors (Lipinski definition) is 4. The highest BCUT2D eigenvalue weighted by atomic mass is 32.2. The number of amides is 2. The summed E-state index contributed by atoms with van der Waals surface area (Å²) >= 11 is 0. The predicted molar refractivity (Wildman–Crippen MR) is 114 cm³/mol. The Kier molecular flexibility index (Phi) is 8.11. The van der Waals surface area contributed by atoms with Gasteiger partial charge in [-0.15, -0.1) is 6.58 Å². The Morgan fingerprint density at radius 2 is 1.76 bits per heavy atom. The molecule has 0 aliphatic carbocycles. The average molecular weight is 416 g/mol. The second kappa shape index (κ2) is 10.5. The smallest absolute Gasteiger partial charge is 0.251 e. The zero-order chi connectivity index (χ0) is 21.3. The standard InChI is InChI=1S/C21H25N3O4S/c1-3-13-23-29(27,28)15-17-8-10-18(11-9-17)24-20(25)12-14-22-21(26)19-7-5-4-6-16(19)2/h3-11,23H,1,12-15H2,2H3,(H,22,26)(H,24,25). The number of sulfonamides is 1. The van der Waals surface area contributed by atoms with Gasteiger partial charge in [0, 0.05) is 30.8 Å². The van der Waals surface area contributed by atoms with E-state index in [9.17, 15) is 18.0 Å². The Labute approximate surface area is 171 Å². The van der Waals surface area contributed by atoms with Gasteiger partial charge in [0.15, 0.2) is 0 Å². The minimum absolute atomic E-state index is 0.124. The summed E-state index contributed by atoms with van der Waals surface area (Å²) < 4.78 is 26.1. The number of anilines is 1. The zero-order valence-corrected chi connectivity index (χ0v) is 17.1. The van der Waals surface area contributed by atoms with Crippen molar-refractivity contribution in [3.05, 3.63) is 77.9 Å². The van der Waals surface area contributed by atoms with Crippen molar-refractivity contribution in [2.24, 2.45) is 0 Å². The molecule has 0 bridgehead atoms. The van der Waals surface area contributed by atoms with Crippen molar-refractivity contribution in [2.75, 3.05) is 18.4 Å². The lowest BCUT2D eigenvalue weighted by molar-refractivity contribution is -0.116. The Morgan fingerprint density at radius 3 is 2.41 bits per heavy atom. The summed E-state index contributed by atoms with van der Waals surface area (Å²) in [5.74, 6) is -0.616. The maximum atomic E-state index is 12.1. The zero-order valence-electron chi connectivity index (χ0n) is 16.3. The molecule has 0 unspecified atom stereocenters. The fraction of sp³-hybridized carbons (Fsp3) is 0.238. The van der Waals surface area contributed by atoms with E-state index in [2.05, 4.69) is 21.9 Å². The lowest BCUT2D eigenvalue weighted by Gasteiger charge is -2.09. The normalized spacial score (nSPS) is 10.9. The Hall–Kier alpha value is -2.97. The highest BCUT2D eigenvalue weighted by Crippen LogP contribution is 2.12. The third kappa shape index (κ3) is 7.52. The number of hydrogen-bond donors (Lipinski definition) is 3. The van der Waals surface area contributed by atoms with Crippen molar-refractivity contribution < 1.29 is 18.0 Å².